The zero-order valence-corrected chi connectivity index (χ0v) is 26.0. The Morgan fingerprint density at radius 1 is 1.07 bits per heavy atom. The fraction of sp³-hybridized carbons (Fsp3) is 0.323. The second-order valence-electron chi connectivity index (χ2n) is 11.4. The number of nitrogens with one attached hydrogen (secondary N) is 1. The number of likely N-dealkylation sites (tertiary alicyclic amines) is 1. The van der Waals surface area contributed by atoms with Crippen LogP contribution in [0.1, 0.15) is 24.0 Å². The molecule has 1 fully saturated rings. The number of aliphatic hydroxyl groups is 1. The minimum atomic E-state index is -3.30. The molecule has 44 heavy (non-hydrogen) atoms. The molecule has 0 radical (unpaired) electrons. The van der Waals surface area contributed by atoms with Crippen LogP contribution >= 0.6 is 11.6 Å². The number of hydrogen-bond donors (Lipinski definition) is 2. The number of aromatic nitrogens is 4. The largest absolute Gasteiger partial charge is 0.464 e. The lowest BCUT2D eigenvalue weighted by molar-refractivity contribution is -0.0364. The molecule has 0 atom stereocenters. The van der Waals surface area contributed by atoms with Crippen LogP contribution in [0.25, 0.3) is 33.6 Å². The van der Waals surface area contributed by atoms with Crippen LogP contribution in [0.15, 0.2) is 76.4 Å². The molecule has 3 aromatic heterocycles. The standard InChI is InChI=1S/C31H33ClN6O5S/c1-36-29(22-7-5-21(6-8-22)17-34-44(2,41)42)27-28(35-36)30(39)38(20-33-27)19-31(40)11-13-37(14-12-31)18-24-10-9-23(16-25(24)32)26-4-3-15-43-26/h3-10,15-16,20,34,40H,11-14,17-19H2,1-2H3. The summed E-state index contributed by atoms with van der Waals surface area (Å²) < 4.78 is 33.8. The van der Waals surface area contributed by atoms with E-state index in [-0.39, 0.29) is 24.2 Å². The van der Waals surface area contributed by atoms with Gasteiger partial charge in [-0.3, -0.25) is 18.9 Å². The number of fused-ring (bicyclic) bond motifs is 1. The van der Waals surface area contributed by atoms with Crippen LogP contribution in [0.3, 0.4) is 0 Å². The molecule has 1 aliphatic heterocycles. The van der Waals surface area contributed by atoms with E-state index in [1.165, 1.54) is 10.9 Å². The Morgan fingerprint density at radius 3 is 2.45 bits per heavy atom. The Bertz CT molecular complexity index is 1960. The van der Waals surface area contributed by atoms with Gasteiger partial charge in [0.1, 0.15) is 11.3 Å². The van der Waals surface area contributed by atoms with Gasteiger partial charge in [-0.05, 0) is 42.2 Å². The fourth-order valence-electron chi connectivity index (χ4n) is 5.64. The molecule has 4 heterocycles. The predicted molar refractivity (Wildman–Crippen MR) is 169 cm³/mol. The van der Waals surface area contributed by atoms with Gasteiger partial charge >= 0.3 is 0 Å². The average molecular weight is 637 g/mol. The van der Waals surface area contributed by atoms with Gasteiger partial charge in [-0.2, -0.15) is 5.10 Å². The Labute approximate surface area is 259 Å². The second kappa shape index (κ2) is 11.9. The Hall–Kier alpha value is -3.81. The van der Waals surface area contributed by atoms with Crippen molar-refractivity contribution in [3.63, 3.8) is 0 Å². The molecule has 13 heteroatoms. The molecule has 0 saturated carbocycles. The highest BCUT2D eigenvalue weighted by atomic mass is 35.5. The zero-order valence-electron chi connectivity index (χ0n) is 24.4. The lowest BCUT2D eigenvalue weighted by Gasteiger charge is -2.38. The van der Waals surface area contributed by atoms with Crippen LogP contribution < -0.4 is 10.3 Å². The lowest BCUT2D eigenvalue weighted by atomic mass is 9.91. The molecular weight excluding hydrogens is 604 g/mol. The second-order valence-corrected chi connectivity index (χ2v) is 13.7. The van der Waals surface area contributed by atoms with Gasteiger partial charge in [0.05, 0.1) is 36.7 Å². The molecule has 1 aliphatic rings. The topological polar surface area (TPSA) is 135 Å². The Balaban J connectivity index is 1.13. The molecule has 0 spiro atoms. The van der Waals surface area contributed by atoms with Crippen LogP contribution in [0.4, 0.5) is 0 Å². The molecule has 230 valence electrons. The van der Waals surface area contributed by atoms with E-state index in [9.17, 15) is 18.3 Å². The molecule has 6 rings (SSSR count). The van der Waals surface area contributed by atoms with Crippen molar-refractivity contribution in [1.29, 1.82) is 0 Å². The van der Waals surface area contributed by atoms with E-state index >= 15 is 0 Å². The van der Waals surface area contributed by atoms with Crippen molar-refractivity contribution >= 4 is 32.7 Å². The van der Waals surface area contributed by atoms with Gasteiger partial charge in [0, 0.05) is 49.4 Å². The van der Waals surface area contributed by atoms with E-state index in [1.54, 1.807) is 18.0 Å². The maximum Gasteiger partial charge on any atom is 0.281 e. The molecule has 2 N–H and O–H groups in total. The van der Waals surface area contributed by atoms with Gasteiger partial charge in [-0.25, -0.2) is 18.1 Å². The smallest absolute Gasteiger partial charge is 0.281 e. The summed E-state index contributed by atoms with van der Waals surface area (Å²) >= 11 is 6.59. The highest BCUT2D eigenvalue weighted by molar-refractivity contribution is 7.88. The zero-order chi connectivity index (χ0) is 31.1. The van der Waals surface area contributed by atoms with Crippen molar-refractivity contribution in [3.8, 4) is 22.6 Å². The number of nitrogens with zero attached hydrogens (tertiary/aromatic N) is 5. The van der Waals surface area contributed by atoms with Crippen LogP contribution in [0.2, 0.25) is 5.02 Å². The third kappa shape index (κ3) is 6.49. The van der Waals surface area contributed by atoms with Crippen LogP contribution in [-0.4, -0.2) is 62.7 Å². The number of benzene rings is 2. The average Bonchev–Trinajstić information content (AvgIpc) is 3.64. The van der Waals surface area contributed by atoms with Crippen molar-refractivity contribution in [2.45, 2.75) is 38.1 Å². The summed E-state index contributed by atoms with van der Waals surface area (Å²) in [5.74, 6) is 0.766. The SMILES string of the molecule is Cn1nc2c(=O)n(CC3(O)CCN(Cc4ccc(-c5ccco5)cc4Cl)CC3)cnc2c1-c1ccc(CNS(C)(=O)=O)cc1. The van der Waals surface area contributed by atoms with Crippen molar-refractivity contribution in [2.24, 2.45) is 7.05 Å². The molecule has 0 unspecified atom stereocenters. The first-order chi connectivity index (χ1) is 21.0. The summed E-state index contributed by atoms with van der Waals surface area (Å²) in [6.07, 6.45) is 5.21. The van der Waals surface area contributed by atoms with E-state index in [2.05, 4.69) is 19.7 Å². The number of halogens is 1. The summed E-state index contributed by atoms with van der Waals surface area (Å²) in [6.45, 7) is 2.27. The minimum Gasteiger partial charge on any atom is -0.464 e. The van der Waals surface area contributed by atoms with Gasteiger partial charge in [-0.1, -0.05) is 48.0 Å². The summed E-state index contributed by atoms with van der Waals surface area (Å²) in [6, 6.07) is 17.0. The van der Waals surface area contributed by atoms with E-state index in [0.717, 1.165) is 34.3 Å². The predicted octanol–water partition coefficient (Wildman–Crippen LogP) is 3.79. The number of aryl methyl sites for hydroxylation is 1. The third-order valence-corrected chi connectivity index (χ3v) is 9.10. The first-order valence-corrected chi connectivity index (χ1v) is 16.5. The Morgan fingerprint density at radius 2 is 1.80 bits per heavy atom. The first-order valence-electron chi connectivity index (χ1n) is 14.2. The van der Waals surface area contributed by atoms with Gasteiger partial charge in [0.2, 0.25) is 10.0 Å². The normalized spacial score (nSPS) is 15.6. The quantitative estimate of drug-likeness (QED) is 0.250. The van der Waals surface area contributed by atoms with Crippen molar-refractivity contribution < 1.29 is 17.9 Å². The van der Waals surface area contributed by atoms with Gasteiger partial charge < -0.3 is 9.52 Å². The van der Waals surface area contributed by atoms with E-state index in [1.807, 2.05) is 54.6 Å². The maximum atomic E-state index is 13.5. The van der Waals surface area contributed by atoms with Crippen molar-refractivity contribution in [3.05, 3.63) is 93.7 Å². The molecule has 0 bridgehead atoms. The number of hydrogen-bond acceptors (Lipinski definition) is 8. The number of sulfonamides is 1. The minimum absolute atomic E-state index is 0.120. The van der Waals surface area contributed by atoms with Crippen molar-refractivity contribution in [2.75, 3.05) is 19.3 Å². The van der Waals surface area contributed by atoms with Crippen LogP contribution in [0, 0.1) is 0 Å². The fourth-order valence-corrected chi connectivity index (χ4v) is 6.31. The maximum absolute atomic E-state index is 13.5. The first kappa shape index (κ1) is 30.2. The monoisotopic (exact) mass is 636 g/mol. The highest BCUT2D eigenvalue weighted by Gasteiger charge is 2.33. The molecule has 0 amide bonds. The number of rotatable bonds is 9. The van der Waals surface area contributed by atoms with Gasteiger partial charge in [-0.15, -0.1) is 0 Å². The number of piperidine rings is 1. The van der Waals surface area contributed by atoms with Gasteiger partial charge in [0.25, 0.3) is 5.56 Å². The summed E-state index contributed by atoms with van der Waals surface area (Å²) in [5.41, 5.74) is 3.51. The van der Waals surface area contributed by atoms with E-state index in [0.29, 0.717) is 48.7 Å². The van der Waals surface area contributed by atoms with Gasteiger partial charge in [0.15, 0.2) is 5.52 Å². The Kier molecular flexibility index (Phi) is 8.20. The third-order valence-electron chi connectivity index (χ3n) is 8.08. The van der Waals surface area contributed by atoms with E-state index < -0.39 is 15.6 Å². The molecule has 5 aromatic rings. The summed E-state index contributed by atoms with van der Waals surface area (Å²) in [4.78, 5) is 20.3. The summed E-state index contributed by atoms with van der Waals surface area (Å²) in [7, 11) is -1.55. The summed E-state index contributed by atoms with van der Waals surface area (Å²) in [5, 5.41) is 16.6. The number of furan rings is 1. The van der Waals surface area contributed by atoms with E-state index in [4.69, 9.17) is 16.0 Å². The van der Waals surface area contributed by atoms with Crippen LogP contribution in [-0.2, 0) is 36.7 Å². The molecule has 1 saturated heterocycles. The van der Waals surface area contributed by atoms with Crippen molar-refractivity contribution in [1.82, 2.24) is 29.0 Å². The highest BCUT2D eigenvalue weighted by Crippen LogP contribution is 2.30. The molecular formula is C31H33ClN6O5S. The molecule has 0 aliphatic carbocycles. The lowest BCUT2D eigenvalue weighted by Crippen LogP contribution is -2.47. The van der Waals surface area contributed by atoms with Crippen LogP contribution in [0.5, 0.6) is 0 Å². The molecule has 2 aromatic carbocycles. The molecule has 11 nitrogen and oxygen atoms in total.